The Kier molecular flexibility index (Phi) is 5.23. The van der Waals surface area contributed by atoms with E-state index in [0.29, 0.717) is 6.61 Å². The molecule has 0 bridgehead atoms. The van der Waals surface area contributed by atoms with Gasteiger partial charge in [0.2, 0.25) is 0 Å². The van der Waals surface area contributed by atoms with Gasteiger partial charge in [-0.2, -0.15) is 0 Å². The van der Waals surface area contributed by atoms with Crippen molar-refractivity contribution >= 4 is 0 Å². The van der Waals surface area contributed by atoms with E-state index in [1.807, 2.05) is 25.1 Å². The highest BCUT2D eigenvalue weighted by Crippen LogP contribution is 2.26. The number of aliphatic hydroxyl groups is 1. The fourth-order valence-electron chi connectivity index (χ4n) is 2.59. The summed E-state index contributed by atoms with van der Waals surface area (Å²) >= 11 is 0. The number of hydrogen-bond donors (Lipinski definition) is 1. The van der Waals surface area contributed by atoms with Gasteiger partial charge in [0, 0.05) is 12.1 Å². The van der Waals surface area contributed by atoms with Crippen LogP contribution in [0.4, 0.5) is 0 Å². The lowest BCUT2D eigenvalue weighted by molar-refractivity contribution is 0.171. The molecular weight excluding hydrogens is 238 g/mol. The normalized spacial score (nSPS) is 18.3. The van der Waals surface area contributed by atoms with E-state index in [9.17, 15) is 5.11 Å². The number of benzene rings is 1. The highest BCUT2D eigenvalue weighted by molar-refractivity contribution is 5.38. The Morgan fingerprint density at radius 3 is 2.68 bits per heavy atom. The van der Waals surface area contributed by atoms with Crippen LogP contribution in [0.3, 0.4) is 0 Å². The van der Waals surface area contributed by atoms with E-state index in [2.05, 4.69) is 4.90 Å². The molecule has 1 N–H and O–H groups in total. The number of hydrogen-bond acceptors (Lipinski definition) is 3. The van der Waals surface area contributed by atoms with Crippen molar-refractivity contribution in [3.8, 4) is 5.75 Å². The summed E-state index contributed by atoms with van der Waals surface area (Å²) in [6.07, 6.45) is 3.50. The molecule has 1 heterocycles. The van der Waals surface area contributed by atoms with E-state index in [0.717, 1.165) is 23.4 Å². The molecule has 0 saturated carbocycles. The molecule has 0 spiro atoms. The second-order valence-electron chi connectivity index (χ2n) is 5.47. The van der Waals surface area contributed by atoms with Crippen LogP contribution in [0.2, 0.25) is 0 Å². The molecule has 0 aromatic heterocycles. The molecule has 0 amide bonds. The van der Waals surface area contributed by atoms with Crippen LogP contribution in [0.1, 0.15) is 43.4 Å². The first-order valence-corrected chi connectivity index (χ1v) is 7.30. The van der Waals surface area contributed by atoms with Crippen LogP contribution in [0, 0.1) is 6.92 Å². The van der Waals surface area contributed by atoms with Crippen molar-refractivity contribution in [1.29, 1.82) is 0 Å². The van der Waals surface area contributed by atoms with Crippen LogP contribution in [-0.2, 0) is 0 Å². The molecule has 19 heavy (non-hydrogen) atoms. The number of ether oxygens (including phenoxy) is 1. The second kappa shape index (κ2) is 6.92. The van der Waals surface area contributed by atoms with Gasteiger partial charge in [-0.1, -0.05) is 18.1 Å². The molecule has 1 atom stereocenters. The Morgan fingerprint density at radius 2 is 2.00 bits per heavy atom. The highest BCUT2D eigenvalue weighted by atomic mass is 16.5. The third kappa shape index (κ3) is 4.22. The minimum absolute atomic E-state index is 0.482. The maximum atomic E-state index is 9.79. The largest absolute Gasteiger partial charge is 0.492 e. The number of aliphatic hydroxyl groups excluding tert-OH is 1. The number of likely N-dealkylation sites (tertiary alicyclic amines) is 1. The molecule has 0 aliphatic carbocycles. The molecular formula is C16H25NO2. The van der Waals surface area contributed by atoms with Crippen LogP contribution in [0.15, 0.2) is 18.2 Å². The lowest BCUT2D eigenvalue weighted by atomic mass is 10.1. The van der Waals surface area contributed by atoms with Crippen LogP contribution < -0.4 is 4.74 Å². The van der Waals surface area contributed by atoms with Gasteiger partial charge < -0.3 is 9.84 Å². The van der Waals surface area contributed by atoms with Crippen molar-refractivity contribution in [2.45, 2.75) is 39.2 Å². The van der Waals surface area contributed by atoms with Gasteiger partial charge in [0.15, 0.2) is 0 Å². The summed E-state index contributed by atoms with van der Waals surface area (Å²) in [5.41, 5.74) is 2.04. The first-order valence-electron chi connectivity index (χ1n) is 7.30. The zero-order chi connectivity index (χ0) is 13.7. The quantitative estimate of drug-likeness (QED) is 0.886. The van der Waals surface area contributed by atoms with E-state index >= 15 is 0 Å². The van der Waals surface area contributed by atoms with E-state index < -0.39 is 6.10 Å². The molecule has 3 heteroatoms. The number of rotatable bonds is 5. The molecule has 1 fully saturated rings. The molecule has 1 aliphatic heterocycles. The summed E-state index contributed by atoms with van der Waals surface area (Å²) in [6, 6.07) is 6.00. The second-order valence-corrected chi connectivity index (χ2v) is 5.47. The predicted octanol–water partition coefficient (Wildman–Crippen LogP) is 2.91. The monoisotopic (exact) mass is 263 g/mol. The van der Waals surface area contributed by atoms with Gasteiger partial charge in [0.05, 0.1) is 6.10 Å². The smallest absolute Gasteiger partial charge is 0.125 e. The van der Waals surface area contributed by atoms with Gasteiger partial charge in [0.25, 0.3) is 0 Å². The summed E-state index contributed by atoms with van der Waals surface area (Å²) in [7, 11) is 0. The predicted molar refractivity (Wildman–Crippen MR) is 77.6 cm³/mol. The first-order chi connectivity index (χ1) is 9.16. The van der Waals surface area contributed by atoms with Crippen molar-refractivity contribution in [3.05, 3.63) is 29.3 Å². The van der Waals surface area contributed by atoms with Crippen molar-refractivity contribution in [1.82, 2.24) is 4.90 Å². The summed E-state index contributed by atoms with van der Waals surface area (Å²) < 4.78 is 5.85. The molecule has 0 radical (unpaired) electrons. The summed E-state index contributed by atoms with van der Waals surface area (Å²) in [6.45, 7) is 7.88. The van der Waals surface area contributed by atoms with Crippen molar-refractivity contribution in [2.24, 2.45) is 0 Å². The molecule has 106 valence electrons. The Hall–Kier alpha value is -1.06. The van der Waals surface area contributed by atoms with Crippen LogP contribution in [0.25, 0.3) is 0 Å². The van der Waals surface area contributed by atoms with E-state index in [1.165, 1.54) is 32.4 Å². The number of aryl methyl sites for hydroxylation is 1. The number of piperidine rings is 1. The summed E-state index contributed by atoms with van der Waals surface area (Å²) in [4.78, 5) is 2.46. The Bertz CT molecular complexity index is 398. The fourth-order valence-corrected chi connectivity index (χ4v) is 2.59. The molecule has 1 aromatic carbocycles. The zero-order valence-electron chi connectivity index (χ0n) is 12.1. The van der Waals surface area contributed by atoms with Crippen molar-refractivity contribution in [3.63, 3.8) is 0 Å². The maximum absolute atomic E-state index is 9.79. The molecule has 1 saturated heterocycles. The highest BCUT2D eigenvalue weighted by Gasteiger charge is 2.12. The van der Waals surface area contributed by atoms with Gasteiger partial charge in [-0.15, -0.1) is 0 Å². The average Bonchev–Trinajstić information content (AvgIpc) is 2.41. The lowest BCUT2D eigenvalue weighted by Crippen LogP contribution is -2.33. The Labute approximate surface area is 116 Å². The number of nitrogens with zero attached hydrogens (tertiary/aromatic N) is 1. The van der Waals surface area contributed by atoms with Crippen molar-refractivity contribution in [2.75, 3.05) is 26.2 Å². The molecule has 1 aromatic rings. The summed E-state index contributed by atoms with van der Waals surface area (Å²) in [5, 5.41) is 9.79. The lowest BCUT2D eigenvalue weighted by Gasteiger charge is -2.26. The molecule has 2 rings (SSSR count). The van der Waals surface area contributed by atoms with Crippen LogP contribution in [0.5, 0.6) is 5.75 Å². The van der Waals surface area contributed by atoms with Crippen molar-refractivity contribution < 1.29 is 9.84 Å². The molecule has 1 aliphatic rings. The first kappa shape index (κ1) is 14.4. The van der Waals surface area contributed by atoms with Gasteiger partial charge in [-0.05, 0) is 51.9 Å². The maximum Gasteiger partial charge on any atom is 0.125 e. The minimum atomic E-state index is -0.482. The standard InChI is InChI=1S/C16H25NO2/c1-13-6-7-16(15(12-13)14(2)18)19-11-10-17-8-4-3-5-9-17/h6-7,12,14,18H,3-5,8-11H2,1-2H3/t14-/m0/s1. The van der Waals surface area contributed by atoms with Gasteiger partial charge in [-0.25, -0.2) is 0 Å². The third-order valence-corrected chi connectivity index (χ3v) is 3.73. The van der Waals surface area contributed by atoms with Gasteiger partial charge >= 0.3 is 0 Å². The Balaban J connectivity index is 1.88. The Morgan fingerprint density at radius 1 is 1.26 bits per heavy atom. The zero-order valence-corrected chi connectivity index (χ0v) is 12.1. The SMILES string of the molecule is Cc1ccc(OCCN2CCCCC2)c([C@H](C)O)c1. The topological polar surface area (TPSA) is 32.7 Å². The van der Waals surface area contributed by atoms with E-state index in [-0.39, 0.29) is 0 Å². The van der Waals surface area contributed by atoms with E-state index in [1.54, 1.807) is 6.92 Å². The van der Waals surface area contributed by atoms with Gasteiger partial charge in [0.1, 0.15) is 12.4 Å². The van der Waals surface area contributed by atoms with Crippen LogP contribution in [-0.4, -0.2) is 36.2 Å². The van der Waals surface area contributed by atoms with Gasteiger partial charge in [-0.3, -0.25) is 4.90 Å². The fraction of sp³-hybridized carbons (Fsp3) is 0.625. The minimum Gasteiger partial charge on any atom is -0.492 e. The van der Waals surface area contributed by atoms with E-state index in [4.69, 9.17) is 4.74 Å². The summed E-state index contributed by atoms with van der Waals surface area (Å²) in [5.74, 6) is 0.817. The average molecular weight is 263 g/mol. The molecule has 3 nitrogen and oxygen atoms in total. The molecule has 0 unspecified atom stereocenters. The third-order valence-electron chi connectivity index (χ3n) is 3.73. The van der Waals surface area contributed by atoms with Crippen LogP contribution >= 0.6 is 0 Å².